The van der Waals surface area contributed by atoms with Crippen molar-refractivity contribution in [3.63, 3.8) is 0 Å². The molecule has 0 aliphatic carbocycles. The summed E-state index contributed by atoms with van der Waals surface area (Å²) >= 11 is 12.1. The molecule has 1 heterocycles. The summed E-state index contributed by atoms with van der Waals surface area (Å²) in [7, 11) is 2.19. The van der Waals surface area contributed by atoms with Gasteiger partial charge >= 0.3 is 0 Å². The SMILES string of the molecule is CN1CCc2c(Cl)ccc(CCCCCCl)c2CC1.Cl. The van der Waals surface area contributed by atoms with Gasteiger partial charge in [0.1, 0.15) is 0 Å². The number of hydrogen-bond acceptors (Lipinski definition) is 1. The van der Waals surface area contributed by atoms with Gasteiger partial charge in [-0.15, -0.1) is 24.0 Å². The van der Waals surface area contributed by atoms with Crippen molar-refractivity contribution in [2.45, 2.75) is 38.5 Å². The molecule has 4 heteroatoms. The van der Waals surface area contributed by atoms with Crippen LogP contribution in [0.4, 0.5) is 0 Å². The number of benzene rings is 1. The lowest BCUT2D eigenvalue weighted by atomic mass is 9.94. The Bertz CT molecular complexity index is 420. The highest BCUT2D eigenvalue weighted by Crippen LogP contribution is 2.28. The Balaban J connectivity index is 0.00000200. The molecule has 0 fully saturated rings. The maximum Gasteiger partial charge on any atom is 0.0441 e. The predicted octanol–water partition coefficient (Wildman–Crippen LogP) is 4.74. The Morgan fingerprint density at radius 2 is 1.75 bits per heavy atom. The standard InChI is InChI=1S/C16H23Cl2N.ClH/c1-19-11-8-14-13(5-3-2-4-10-17)6-7-16(18)15(14)9-12-19;/h6-7H,2-5,8-12H2,1H3;1H. The monoisotopic (exact) mass is 335 g/mol. The van der Waals surface area contributed by atoms with Crippen molar-refractivity contribution >= 4 is 35.6 Å². The molecule has 0 radical (unpaired) electrons. The molecular weight excluding hydrogens is 313 g/mol. The van der Waals surface area contributed by atoms with E-state index in [2.05, 4.69) is 24.1 Å². The number of unbranched alkanes of at least 4 members (excludes halogenated alkanes) is 2. The summed E-state index contributed by atoms with van der Waals surface area (Å²) in [6.45, 7) is 2.25. The summed E-state index contributed by atoms with van der Waals surface area (Å²) in [5.41, 5.74) is 4.41. The van der Waals surface area contributed by atoms with Crippen LogP contribution in [0, 0.1) is 0 Å². The zero-order valence-corrected chi connectivity index (χ0v) is 14.5. The van der Waals surface area contributed by atoms with E-state index in [9.17, 15) is 0 Å². The number of halogens is 3. The molecule has 0 unspecified atom stereocenters. The highest BCUT2D eigenvalue weighted by Gasteiger charge is 2.16. The normalized spacial score (nSPS) is 15.3. The van der Waals surface area contributed by atoms with E-state index >= 15 is 0 Å². The third kappa shape index (κ3) is 4.80. The highest BCUT2D eigenvalue weighted by atomic mass is 35.5. The predicted molar refractivity (Wildman–Crippen MR) is 91.9 cm³/mol. The van der Waals surface area contributed by atoms with E-state index in [-0.39, 0.29) is 12.4 Å². The molecule has 1 aliphatic rings. The molecule has 20 heavy (non-hydrogen) atoms. The molecule has 0 aromatic heterocycles. The van der Waals surface area contributed by atoms with E-state index in [4.69, 9.17) is 23.2 Å². The molecular formula is C16H24Cl3N. The molecule has 0 N–H and O–H groups in total. The summed E-state index contributed by atoms with van der Waals surface area (Å²) in [5.74, 6) is 0.781. The zero-order chi connectivity index (χ0) is 13.7. The molecule has 0 saturated carbocycles. The zero-order valence-electron chi connectivity index (χ0n) is 12.1. The fourth-order valence-corrected chi connectivity index (χ4v) is 3.29. The van der Waals surface area contributed by atoms with Gasteiger partial charge in [-0.05, 0) is 61.9 Å². The average molecular weight is 337 g/mol. The average Bonchev–Trinajstić information content (AvgIpc) is 2.60. The Morgan fingerprint density at radius 1 is 1.05 bits per heavy atom. The molecule has 0 bridgehead atoms. The first kappa shape index (κ1) is 18.1. The third-order valence-electron chi connectivity index (χ3n) is 4.04. The lowest BCUT2D eigenvalue weighted by Gasteiger charge is -2.14. The molecule has 0 amide bonds. The van der Waals surface area contributed by atoms with Gasteiger partial charge in [-0.3, -0.25) is 0 Å². The summed E-state index contributed by atoms with van der Waals surface area (Å²) in [5, 5.41) is 0.954. The number of likely N-dealkylation sites (N-methyl/N-ethyl adjacent to an activating group) is 1. The number of aryl methyl sites for hydroxylation is 1. The van der Waals surface area contributed by atoms with Crippen LogP contribution in [0.3, 0.4) is 0 Å². The lowest BCUT2D eigenvalue weighted by Crippen LogP contribution is -2.20. The van der Waals surface area contributed by atoms with Gasteiger partial charge in [0.05, 0.1) is 0 Å². The van der Waals surface area contributed by atoms with E-state index in [1.54, 1.807) is 0 Å². The maximum absolute atomic E-state index is 6.38. The van der Waals surface area contributed by atoms with E-state index in [1.165, 1.54) is 36.0 Å². The second kappa shape index (κ2) is 9.15. The lowest BCUT2D eigenvalue weighted by molar-refractivity contribution is 0.352. The van der Waals surface area contributed by atoms with Crippen LogP contribution in [0.25, 0.3) is 0 Å². The molecule has 1 nitrogen and oxygen atoms in total. The van der Waals surface area contributed by atoms with Gasteiger partial charge in [-0.2, -0.15) is 0 Å². The van der Waals surface area contributed by atoms with Crippen LogP contribution in [0.2, 0.25) is 5.02 Å². The Kier molecular flexibility index (Phi) is 8.28. The van der Waals surface area contributed by atoms with E-state index < -0.39 is 0 Å². The third-order valence-corrected chi connectivity index (χ3v) is 4.66. The number of rotatable bonds is 5. The van der Waals surface area contributed by atoms with Crippen LogP contribution in [-0.4, -0.2) is 30.9 Å². The Hall–Kier alpha value is 0.0500. The van der Waals surface area contributed by atoms with Gasteiger partial charge in [-0.1, -0.05) is 24.1 Å². The first-order valence-electron chi connectivity index (χ1n) is 7.26. The summed E-state index contributed by atoms with van der Waals surface area (Å²) in [4.78, 5) is 2.40. The summed E-state index contributed by atoms with van der Waals surface area (Å²) in [6, 6.07) is 4.32. The first-order valence-corrected chi connectivity index (χ1v) is 8.17. The first-order chi connectivity index (χ1) is 9.22. The van der Waals surface area contributed by atoms with Crippen LogP contribution >= 0.6 is 35.6 Å². The van der Waals surface area contributed by atoms with Gasteiger partial charge in [0, 0.05) is 24.0 Å². The molecule has 2 rings (SSSR count). The van der Waals surface area contributed by atoms with E-state index in [0.29, 0.717) is 0 Å². The van der Waals surface area contributed by atoms with Crippen LogP contribution in [0.5, 0.6) is 0 Å². The number of alkyl halides is 1. The van der Waals surface area contributed by atoms with Crippen molar-refractivity contribution in [2.75, 3.05) is 26.0 Å². The van der Waals surface area contributed by atoms with Gasteiger partial charge in [0.2, 0.25) is 0 Å². The minimum atomic E-state index is 0. The second-order valence-electron chi connectivity index (χ2n) is 5.47. The molecule has 114 valence electrons. The van der Waals surface area contributed by atoms with Crippen LogP contribution in [-0.2, 0) is 19.3 Å². The minimum Gasteiger partial charge on any atom is -0.306 e. The molecule has 1 aromatic rings. The van der Waals surface area contributed by atoms with Crippen molar-refractivity contribution in [3.05, 3.63) is 33.8 Å². The molecule has 1 aliphatic heterocycles. The number of fused-ring (bicyclic) bond motifs is 1. The smallest absolute Gasteiger partial charge is 0.0441 e. The summed E-state index contributed by atoms with van der Waals surface area (Å²) < 4.78 is 0. The fraction of sp³-hybridized carbons (Fsp3) is 0.625. The topological polar surface area (TPSA) is 3.24 Å². The van der Waals surface area contributed by atoms with Crippen molar-refractivity contribution in [1.82, 2.24) is 4.90 Å². The minimum absolute atomic E-state index is 0. The van der Waals surface area contributed by atoms with Gasteiger partial charge < -0.3 is 4.90 Å². The number of nitrogens with zero attached hydrogens (tertiary/aromatic N) is 1. The van der Waals surface area contributed by atoms with Crippen LogP contribution in [0.1, 0.15) is 36.0 Å². The van der Waals surface area contributed by atoms with E-state index in [1.807, 2.05) is 0 Å². The number of hydrogen-bond donors (Lipinski definition) is 0. The van der Waals surface area contributed by atoms with Gasteiger partial charge in [-0.25, -0.2) is 0 Å². The molecule has 0 saturated heterocycles. The Morgan fingerprint density at radius 3 is 2.45 bits per heavy atom. The van der Waals surface area contributed by atoms with Crippen LogP contribution in [0.15, 0.2) is 12.1 Å². The van der Waals surface area contributed by atoms with Crippen molar-refractivity contribution in [1.29, 1.82) is 0 Å². The molecule has 0 spiro atoms. The van der Waals surface area contributed by atoms with Crippen molar-refractivity contribution in [3.8, 4) is 0 Å². The molecule has 0 atom stereocenters. The van der Waals surface area contributed by atoms with E-state index in [0.717, 1.165) is 43.3 Å². The van der Waals surface area contributed by atoms with Gasteiger partial charge in [0.25, 0.3) is 0 Å². The van der Waals surface area contributed by atoms with Crippen molar-refractivity contribution < 1.29 is 0 Å². The Labute approximate surface area is 139 Å². The van der Waals surface area contributed by atoms with Crippen LogP contribution < -0.4 is 0 Å². The highest BCUT2D eigenvalue weighted by molar-refractivity contribution is 6.31. The van der Waals surface area contributed by atoms with Gasteiger partial charge in [0.15, 0.2) is 0 Å². The largest absolute Gasteiger partial charge is 0.306 e. The second-order valence-corrected chi connectivity index (χ2v) is 6.25. The molecule has 1 aromatic carbocycles. The summed E-state index contributed by atoms with van der Waals surface area (Å²) in [6.07, 6.45) is 6.97. The quantitative estimate of drug-likeness (QED) is 0.554. The maximum atomic E-state index is 6.38. The fourth-order valence-electron chi connectivity index (χ4n) is 2.83. The van der Waals surface area contributed by atoms with Crippen molar-refractivity contribution in [2.24, 2.45) is 0 Å².